The Hall–Kier alpha value is -3.09. The lowest BCUT2D eigenvalue weighted by Gasteiger charge is -2.10. The Kier molecular flexibility index (Phi) is 5.27. The predicted octanol–water partition coefficient (Wildman–Crippen LogP) is 5.14. The van der Waals surface area contributed by atoms with Crippen molar-refractivity contribution in [3.05, 3.63) is 65.9 Å². The lowest BCUT2D eigenvalue weighted by molar-refractivity contribution is -0.137. The van der Waals surface area contributed by atoms with Gasteiger partial charge in [-0.25, -0.2) is 0 Å². The fraction of sp³-hybridized carbons (Fsp3) is 0.238. The summed E-state index contributed by atoms with van der Waals surface area (Å²) in [4.78, 5) is 24.9. The van der Waals surface area contributed by atoms with Gasteiger partial charge in [-0.15, -0.1) is 0 Å². The highest BCUT2D eigenvalue weighted by molar-refractivity contribution is 6.09. The first-order chi connectivity index (χ1) is 13.2. The summed E-state index contributed by atoms with van der Waals surface area (Å²) in [6.07, 6.45) is -2.86. The van der Waals surface area contributed by atoms with Crippen molar-refractivity contribution >= 4 is 28.3 Å². The molecule has 3 aromatic rings. The van der Waals surface area contributed by atoms with Crippen molar-refractivity contribution in [3.8, 4) is 0 Å². The van der Waals surface area contributed by atoms with Crippen LogP contribution < -0.4 is 5.32 Å². The molecule has 0 saturated carbocycles. The highest BCUT2D eigenvalue weighted by atomic mass is 19.4. The molecule has 0 fully saturated rings. The normalized spacial score (nSPS) is 11.8. The van der Waals surface area contributed by atoms with Crippen LogP contribution >= 0.6 is 0 Å². The molecule has 0 bridgehead atoms. The van der Waals surface area contributed by atoms with Gasteiger partial charge in [0.15, 0.2) is 5.78 Å². The van der Waals surface area contributed by atoms with Gasteiger partial charge in [0.1, 0.15) is 6.54 Å². The molecule has 1 N–H and O–H groups in total. The maximum Gasteiger partial charge on any atom is 0.416 e. The molecule has 0 aliphatic carbocycles. The van der Waals surface area contributed by atoms with E-state index in [0.29, 0.717) is 11.1 Å². The monoisotopic (exact) mass is 388 g/mol. The number of ketones is 1. The van der Waals surface area contributed by atoms with Crippen LogP contribution in [0.1, 0.15) is 29.8 Å². The summed E-state index contributed by atoms with van der Waals surface area (Å²) in [6.45, 7) is 3.48. The van der Waals surface area contributed by atoms with Crippen LogP contribution in [0.15, 0.2) is 54.7 Å². The Morgan fingerprint density at radius 3 is 2.46 bits per heavy atom. The van der Waals surface area contributed by atoms with Crippen LogP contribution in [-0.2, 0) is 17.5 Å². The summed E-state index contributed by atoms with van der Waals surface area (Å²) in [5.41, 5.74) is 0.472. The minimum atomic E-state index is -4.48. The summed E-state index contributed by atoms with van der Waals surface area (Å²) >= 11 is 0. The van der Waals surface area contributed by atoms with E-state index in [0.717, 1.165) is 17.5 Å². The molecule has 146 valence electrons. The number of amides is 1. The van der Waals surface area contributed by atoms with Crippen LogP contribution in [0, 0.1) is 5.92 Å². The third-order valence-corrected chi connectivity index (χ3v) is 4.37. The number of carbonyl (C=O) groups excluding carboxylic acids is 2. The van der Waals surface area contributed by atoms with E-state index in [1.165, 1.54) is 12.1 Å². The lowest BCUT2D eigenvalue weighted by atomic mass is 10.0. The zero-order valence-corrected chi connectivity index (χ0v) is 15.4. The number of halogens is 3. The molecular weight excluding hydrogens is 369 g/mol. The van der Waals surface area contributed by atoms with Crippen LogP contribution in [0.5, 0.6) is 0 Å². The number of Topliss-reactive ketones (excluding diaryl/α,β-unsaturated/α-hetero) is 1. The Labute approximate surface area is 160 Å². The number of aromatic nitrogens is 1. The molecule has 2 aromatic carbocycles. The lowest BCUT2D eigenvalue weighted by Crippen LogP contribution is -2.18. The molecule has 7 heteroatoms. The number of para-hydroxylation sites is 1. The average molecular weight is 388 g/mol. The van der Waals surface area contributed by atoms with E-state index in [1.54, 1.807) is 36.7 Å². The second-order valence-electron chi connectivity index (χ2n) is 6.83. The van der Waals surface area contributed by atoms with Gasteiger partial charge in [0.05, 0.1) is 5.56 Å². The molecule has 1 heterocycles. The molecule has 28 heavy (non-hydrogen) atoms. The van der Waals surface area contributed by atoms with Crippen molar-refractivity contribution in [2.24, 2.45) is 5.92 Å². The zero-order chi connectivity index (χ0) is 20.5. The van der Waals surface area contributed by atoms with Crippen molar-refractivity contribution < 1.29 is 22.8 Å². The van der Waals surface area contributed by atoms with E-state index in [1.807, 2.05) is 12.1 Å². The van der Waals surface area contributed by atoms with E-state index in [2.05, 4.69) is 5.32 Å². The van der Waals surface area contributed by atoms with Crippen LogP contribution in [0.4, 0.5) is 18.9 Å². The van der Waals surface area contributed by atoms with E-state index in [4.69, 9.17) is 0 Å². The van der Waals surface area contributed by atoms with E-state index in [9.17, 15) is 22.8 Å². The van der Waals surface area contributed by atoms with Crippen LogP contribution in [0.25, 0.3) is 10.9 Å². The molecule has 0 spiro atoms. The average Bonchev–Trinajstić information content (AvgIpc) is 2.99. The van der Waals surface area contributed by atoms with Gasteiger partial charge in [-0.2, -0.15) is 13.2 Å². The molecule has 1 amide bonds. The molecule has 0 unspecified atom stereocenters. The predicted molar refractivity (Wildman–Crippen MR) is 101 cm³/mol. The number of carbonyl (C=O) groups is 2. The summed E-state index contributed by atoms with van der Waals surface area (Å²) < 4.78 is 40.1. The number of anilines is 1. The largest absolute Gasteiger partial charge is 0.416 e. The van der Waals surface area contributed by atoms with Crippen molar-refractivity contribution in [1.82, 2.24) is 4.57 Å². The number of rotatable bonds is 5. The summed E-state index contributed by atoms with van der Waals surface area (Å²) in [5, 5.41) is 3.23. The smallest absolute Gasteiger partial charge is 0.337 e. The number of hydrogen-bond donors (Lipinski definition) is 1. The molecule has 0 aliphatic rings. The number of nitrogens with zero attached hydrogens (tertiary/aromatic N) is 1. The van der Waals surface area contributed by atoms with Gasteiger partial charge < -0.3 is 9.88 Å². The second kappa shape index (κ2) is 7.50. The molecule has 3 rings (SSSR count). The second-order valence-corrected chi connectivity index (χ2v) is 6.83. The van der Waals surface area contributed by atoms with Gasteiger partial charge in [0.2, 0.25) is 5.91 Å². The first-order valence-electron chi connectivity index (χ1n) is 8.76. The third-order valence-electron chi connectivity index (χ3n) is 4.37. The van der Waals surface area contributed by atoms with Gasteiger partial charge in [-0.3, -0.25) is 9.59 Å². The molecule has 0 atom stereocenters. The van der Waals surface area contributed by atoms with Gasteiger partial charge >= 0.3 is 6.18 Å². The number of benzene rings is 2. The number of hydrogen-bond acceptors (Lipinski definition) is 2. The van der Waals surface area contributed by atoms with E-state index >= 15 is 0 Å². The minimum absolute atomic E-state index is 0.0340. The van der Waals surface area contributed by atoms with Crippen LogP contribution in [-0.4, -0.2) is 16.3 Å². The maximum absolute atomic E-state index is 12.8. The fourth-order valence-corrected chi connectivity index (χ4v) is 3.01. The first kappa shape index (κ1) is 19.7. The Bertz CT molecular complexity index is 1040. The van der Waals surface area contributed by atoms with Crippen molar-refractivity contribution in [2.45, 2.75) is 26.6 Å². The van der Waals surface area contributed by atoms with Gasteiger partial charge in [-0.1, -0.05) is 38.1 Å². The van der Waals surface area contributed by atoms with Crippen molar-refractivity contribution in [1.29, 1.82) is 0 Å². The fourth-order valence-electron chi connectivity index (χ4n) is 3.01. The Balaban J connectivity index is 1.85. The number of fused-ring (bicyclic) bond motifs is 1. The van der Waals surface area contributed by atoms with Crippen LogP contribution in [0.3, 0.4) is 0 Å². The van der Waals surface area contributed by atoms with Crippen molar-refractivity contribution in [3.63, 3.8) is 0 Å². The SMILES string of the molecule is CC(C)C(=O)c1cn(CC(=O)Nc2cccc(C(F)(F)F)c2)c2ccccc12. The van der Waals surface area contributed by atoms with Crippen molar-refractivity contribution in [2.75, 3.05) is 5.32 Å². The summed E-state index contributed by atoms with van der Waals surface area (Å²) in [5.74, 6) is -0.713. The highest BCUT2D eigenvalue weighted by Gasteiger charge is 2.30. The number of nitrogens with one attached hydrogen (secondary N) is 1. The molecular formula is C21H19F3N2O2. The summed E-state index contributed by atoms with van der Waals surface area (Å²) in [7, 11) is 0. The molecule has 0 saturated heterocycles. The van der Waals surface area contributed by atoms with E-state index in [-0.39, 0.29) is 23.9 Å². The van der Waals surface area contributed by atoms with E-state index < -0.39 is 17.6 Å². The maximum atomic E-state index is 12.8. The highest BCUT2D eigenvalue weighted by Crippen LogP contribution is 2.30. The zero-order valence-electron chi connectivity index (χ0n) is 15.4. The van der Waals surface area contributed by atoms with Gasteiger partial charge in [0.25, 0.3) is 0 Å². The Morgan fingerprint density at radius 1 is 1.07 bits per heavy atom. The third kappa shape index (κ3) is 4.08. The molecule has 0 aliphatic heterocycles. The first-order valence-corrected chi connectivity index (χ1v) is 8.76. The van der Waals surface area contributed by atoms with Gasteiger partial charge in [-0.05, 0) is 24.3 Å². The molecule has 0 radical (unpaired) electrons. The quantitative estimate of drug-likeness (QED) is 0.616. The van der Waals surface area contributed by atoms with Gasteiger partial charge in [0, 0.05) is 34.3 Å². The standard InChI is InChI=1S/C21H19F3N2O2/c1-13(2)20(28)17-11-26(18-9-4-3-8-16(17)18)12-19(27)25-15-7-5-6-14(10-15)21(22,23)24/h3-11,13H,12H2,1-2H3,(H,25,27). The Morgan fingerprint density at radius 2 is 1.79 bits per heavy atom. The molecule has 1 aromatic heterocycles. The summed E-state index contributed by atoms with van der Waals surface area (Å²) in [6, 6.07) is 11.7. The minimum Gasteiger partial charge on any atom is -0.337 e. The molecule has 4 nitrogen and oxygen atoms in total. The topological polar surface area (TPSA) is 51.1 Å². The van der Waals surface area contributed by atoms with Crippen LogP contribution in [0.2, 0.25) is 0 Å². The number of alkyl halides is 3.